The molecule has 36 heavy (non-hydrogen) atoms. The molecule has 188 valence electrons. The lowest BCUT2D eigenvalue weighted by Gasteiger charge is -2.15. The van der Waals surface area contributed by atoms with Crippen molar-refractivity contribution in [1.82, 2.24) is 14.5 Å². The number of rotatable bonds is 4. The van der Waals surface area contributed by atoms with Crippen molar-refractivity contribution in [2.24, 2.45) is 7.05 Å². The minimum atomic E-state index is -4.88. The van der Waals surface area contributed by atoms with E-state index < -0.39 is 65.7 Å². The molecular formula is C21H13ClF5N5O3S. The summed E-state index contributed by atoms with van der Waals surface area (Å²) in [5, 5.41) is -0.372. The molecule has 0 amide bonds. The van der Waals surface area contributed by atoms with Gasteiger partial charge in [-0.3, -0.25) is 14.1 Å². The summed E-state index contributed by atoms with van der Waals surface area (Å²) in [6.45, 7) is 0. The van der Waals surface area contributed by atoms with Gasteiger partial charge in [-0.2, -0.15) is 18.2 Å². The van der Waals surface area contributed by atoms with Crippen LogP contribution in [0, 0.1) is 11.6 Å². The number of fused-ring (bicyclic) bond motifs is 1. The number of aryl methyl sites for hydroxylation is 1. The van der Waals surface area contributed by atoms with Crippen molar-refractivity contribution < 1.29 is 30.4 Å². The van der Waals surface area contributed by atoms with Gasteiger partial charge in [-0.1, -0.05) is 11.6 Å². The first kappa shape index (κ1) is 25.3. The van der Waals surface area contributed by atoms with E-state index in [1.165, 1.54) is 13.2 Å². The Kier molecular flexibility index (Phi) is 6.12. The zero-order valence-corrected chi connectivity index (χ0v) is 19.4. The number of nitrogens with zero attached hydrogens (tertiary/aromatic N) is 3. The predicted molar refractivity (Wildman–Crippen MR) is 122 cm³/mol. The zero-order chi connectivity index (χ0) is 26.6. The van der Waals surface area contributed by atoms with Crippen molar-refractivity contribution in [2.45, 2.75) is 11.1 Å². The minimum Gasteiger partial charge on any atom is -0.368 e. The van der Waals surface area contributed by atoms with Crippen LogP contribution in [0.1, 0.15) is 5.56 Å². The first-order valence-corrected chi connectivity index (χ1v) is 11.6. The molecule has 4 aromatic rings. The molecule has 0 unspecified atom stereocenters. The number of nitrogens with two attached hydrogens (primary N) is 1. The van der Waals surface area contributed by atoms with Crippen LogP contribution in [-0.4, -0.2) is 23.0 Å². The van der Waals surface area contributed by atoms with Crippen molar-refractivity contribution in [1.29, 1.82) is 0 Å². The molecule has 0 aliphatic rings. The monoisotopic (exact) mass is 545 g/mol. The van der Waals surface area contributed by atoms with Crippen molar-refractivity contribution in [3.8, 4) is 11.1 Å². The smallest absolute Gasteiger partial charge is 0.368 e. The van der Waals surface area contributed by atoms with Gasteiger partial charge in [0.25, 0.3) is 15.6 Å². The number of hydrogen-bond acceptors (Lipinski definition) is 6. The lowest BCUT2D eigenvalue weighted by molar-refractivity contribution is -0.137. The Morgan fingerprint density at radius 2 is 1.81 bits per heavy atom. The Morgan fingerprint density at radius 1 is 1.11 bits per heavy atom. The van der Waals surface area contributed by atoms with Gasteiger partial charge in [-0.05, 0) is 36.4 Å². The van der Waals surface area contributed by atoms with Crippen molar-refractivity contribution in [2.75, 3.05) is 10.5 Å². The highest BCUT2D eigenvalue weighted by Crippen LogP contribution is 2.35. The number of alkyl halides is 3. The van der Waals surface area contributed by atoms with Crippen LogP contribution < -0.4 is 16.0 Å². The Labute approximate surface area is 204 Å². The van der Waals surface area contributed by atoms with Crippen LogP contribution in [-0.2, 0) is 23.2 Å². The minimum absolute atomic E-state index is 0.0770. The van der Waals surface area contributed by atoms with Gasteiger partial charge in [0.1, 0.15) is 16.4 Å². The number of benzene rings is 2. The van der Waals surface area contributed by atoms with Crippen LogP contribution in [0.25, 0.3) is 22.2 Å². The largest absolute Gasteiger partial charge is 0.416 e. The fraction of sp³-hybridized carbons (Fsp3) is 0.0952. The number of pyridine rings is 1. The van der Waals surface area contributed by atoms with E-state index in [2.05, 4.69) is 9.97 Å². The summed E-state index contributed by atoms with van der Waals surface area (Å²) in [5.41, 5.74) is 1.18. The quantitative estimate of drug-likeness (QED) is 0.368. The summed E-state index contributed by atoms with van der Waals surface area (Å²) in [7, 11) is -3.60. The van der Waals surface area contributed by atoms with Gasteiger partial charge in [0, 0.05) is 18.6 Å². The van der Waals surface area contributed by atoms with E-state index in [1.807, 2.05) is 0 Å². The molecule has 0 bridgehead atoms. The molecular weight excluding hydrogens is 533 g/mol. The highest BCUT2D eigenvalue weighted by Gasteiger charge is 2.33. The molecule has 3 N–H and O–H groups in total. The molecule has 2 heterocycles. The molecule has 0 spiro atoms. The molecule has 0 aliphatic heterocycles. The lowest BCUT2D eigenvalue weighted by Crippen LogP contribution is -2.21. The van der Waals surface area contributed by atoms with Crippen molar-refractivity contribution in [3.05, 3.63) is 75.2 Å². The summed E-state index contributed by atoms with van der Waals surface area (Å²) in [6.07, 6.45) is -3.66. The number of nitrogens with one attached hydrogen (secondary N) is 1. The van der Waals surface area contributed by atoms with Gasteiger partial charge in [-0.25, -0.2) is 22.2 Å². The third-order valence-corrected chi connectivity index (χ3v) is 6.97. The van der Waals surface area contributed by atoms with Crippen molar-refractivity contribution >= 4 is 44.3 Å². The molecule has 0 saturated carbocycles. The second-order valence-corrected chi connectivity index (χ2v) is 9.52. The highest BCUT2D eigenvalue weighted by atomic mass is 35.5. The van der Waals surface area contributed by atoms with Gasteiger partial charge in [0.05, 0.1) is 27.4 Å². The first-order valence-electron chi connectivity index (χ1n) is 9.71. The van der Waals surface area contributed by atoms with E-state index >= 15 is 4.39 Å². The van der Waals surface area contributed by atoms with Gasteiger partial charge in [0.15, 0.2) is 5.82 Å². The van der Waals surface area contributed by atoms with Crippen molar-refractivity contribution in [3.63, 3.8) is 0 Å². The number of nitrogen functional groups attached to an aromatic ring is 1. The second-order valence-electron chi connectivity index (χ2n) is 7.46. The number of anilines is 2. The van der Waals surface area contributed by atoms with E-state index in [-0.39, 0.29) is 23.0 Å². The maximum Gasteiger partial charge on any atom is 0.416 e. The van der Waals surface area contributed by atoms with Gasteiger partial charge in [-0.15, -0.1) is 0 Å². The molecule has 2 aromatic carbocycles. The summed E-state index contributed by atoms with van der Waals surface area (Å²) < 4.78 is 97.7. The Bertz CT molecular complexity index is 1710. The normalized spacial score (nSPS) is 12.2. The third kappa shape index (κ3) is 4.44. The molecule has 8 nitrogen and oxygen atoms in total. The van der Waals surface area contributed by atoms with E-state index in [9.17, 15) is 30.8 Å². The maximum absolute atomic E-state index is 15.4. The fourth-order valence-corrected chi connectivity index (χ4v) is 4.99. The molecule has 2 aromatic heterocycles. The second kappa shape index (κ2) is 8.71. The molecule has 0 radical (unpaired) electrons. The van der Waals surface area contributed by atoms with Crippen LogP contribution in [0.3, 0.4) is 0 Å². The van der Waals surface area contributed by atoms with Crippen LogP contribution >= 0.6 is 11.6 Å². The van der Waals surface area contributed by atoms with E-state index in [4.69, 9.17) is 17.3 Å². The average Bonchev–Trinajstić information content (AvgIpc) is 2.79. The Balaban J connectivity index is 1.86. The van der Waals surface area contributed by atoms with Gasteiger partial charge in [0.2, 0.25) is 5.95 Å². The van der Waals surface area contributed by atoms with E-state index in [1.54, 1.807) is 4.72 Å². The molecule has 0 atom stereocenters. The predicted octanol–water partition coefficient (Wildman–Crippen LogP) is 4.33. The van der Waals surface area contributed by atoms with Gasteiger partial charge < -0.3 is 5.73 Å². The topological polar surface area (TPSA) is 120 Å². The Hall–Kier alpha value is -3.78. The summed E-state index contributed by atoms with van der Waals surface area (Å²) in [6, 6.07) is 4.07. The fourth-order valence-electron chi connectivity index (χ4n) is 3.40. The zero-order valence-electron chi connectivity index (χ0n) is 17.9. The van der Waals surface area contributed by atoms with E-state index in [0.717, 1.165) is 16.7 Å². The molecule has 15 heteroatoms. The van der Waals surface area contributed by atoms with Crippen LogP contribution in [0.15, 0.2) is 52.3 Å². The third-order valence-electron chi connectivity index (χ3n) is 5.12. The van der Waals surface area contributed by atoms with Crippen LogP contribution in [0.4, 0.5) is 33.6 Å². The van der Waals surface area contributed by atoms with Gasteiger partial charge >= 0.3 is 6.18 Å². The summed E-state index contributed by atoms with van der Waals surface area (Å²) in [5.74, 6) is -2.85. The summed E-state index contributed by atoms with van der Waals surface area (Å²) in [4.78, 5) is 19.5. The average molecular weight is 546 g/mol. The summed E-state index contributed by atoms with van der Waals surface area (Å²) >= 11 is 5.79. The maximum atomic E-state index is 15.4. The standard InChI is InChI=1S/C21H13ClF5N5O3S/c1-32-18-9(8-29-20(28)30-18)6-11(19(32)33)16-13(23)4-5-14(17(16)24)31-36(34,35)15-7-10(21(25,26)27)2-3-12(15)22/h2-8,31H,1H3,(H2,28,29,30). The number of sulfonamides is 1. The molecule has 0 fully saturated rings. The first-order chi connectivity index (χ1) is 16.7. The highest BCUT2D eigenvalue weighted by molar-refractivity contribution is 7.92. The van der Waals surface area contributed by atoms with Crippen LogP contribution in [0.5, 0.6) is 0 Å². The molecule has 4 rings (SSSR count). The number of hydrogen-bond donors (Lipinski definition) is 2. The van der Waals surface area contributed by atoms with E-state index in [0.29, 0.717) is 18.2 Å². The van der Waals surface area contributed by atoms with Crippen LogP contribution in [0.2, 0.25) is 5.02 Å². The lowest BCUT2D eigenvalue weighted by atomic mass is 10.0. The molecule has 0 saturated heterocycles. The SMILES string of the molecule is Cn1c(=O)c(-c2c(F)ccc(NS(=O)(=O)c3cc(C(F)(F)F)ccc3Cl)c2F)cc2cnc(N)nc21. The number of halogens is 6. The number of aromatic nitrogens is 3. The Morgan fingerprint density at radius 3 is 2.47 bits per heavy atom. The molecule has 0 aliphatic carbocycles.